The van der Waals surface area contributed by atoms with Gasteiger partial charge in [0.05, 0.1) is 5.69 Å². The summed E-state index contributed by atoms with van der Waals surface area (Å²) >= 11 is 0. The molecule has 25 heavy (non-hydrogen) atoms. The molecule has 8 heteroatoms. The Kier molecular flexibility index (Phi) is 4.97. The van der Waals surface area contributed by atoms with Crippen molar-refractivity contribution >= 4 is 5.91 Å². The third-order valence-corrected chi connectivity index (χ3v) is 3.74. The zero-order chi connectivity index (χ0) is 17.8. The molecular weight excluding hydrogens is 322 g/mol. The number of aryl methyl sites for hydroxylation is 4. The van der Waals surface area contributed by atoms with Crippen LogP contribution in [-0.2, 0) is 24.7 Å². The molecule has 0 radical (unpaired) electrons. The van der Waals surface area contributed by atoms with Crippen molar-refractivity contribution in [1.29, 1.82) is 0 Å². The van der Waals surface area contributed by atoms with Crippen LogP contribution in [0.1, 0.15) is 29.5 Å². The van der Waals surface area contributed by atoms with Crippen LogP contribution in [-0.4, -0.2) is 32.4 Å². The molecule has 3 heterocycles. The fraction of sp³-hybridized carbons (Fsp3) is 0.412. The molecule has 0 bridgehead atoms. The lowest BCUT2D eigenvalue weighted by molar-refractivity contribution is -0.121. The van der Waals surface area contributed by atoms with Gasteiger partial charge in [-0.05, 0) is 32.0 Å². The van der Waals surface area contributed by atoms with E-state index >= 15 is 0 Å². The maximum absolute atomic E-state index is 11.9. The molecule has 0 aromatic carbocycles. The van der Waals surface area contributed by atoms with Gasteiger partial charge < -0.3 is 14.2 Å². The second kappa shape index (κ2) is 7.33. The Hall–Kier alpha value is -2.90. The molecule has 132 valence electrons. The van der Waals surface area contributed by atoms with Gasteiger partial charge in [0.1, 0.15) is 17.2 Å². The maximum atomic E-state index is 11.9. The number of carbonyl (C=O) groups excluding carboxylic acids is 1. The van der Waals surface area contributed by atoms with E-state index in [1.807, 2.05) is 39.1 Å². The highest BCUT2D eigenvalue weighted by molar-refractivity contribution is 5.76. The van der Waals surface area contributed by atoms with Gasteiger partial charge in [-0.1, -0.05) is 0 Å². The fourth-order valence-corrected chi connectivity index (χ4v) is 2.52. The summed E-state index contributed by atoms with van der Waals surface area (Å²) in [7, 11) is 1.82. The predicted molar refractivity (Wildman–Crippen MR) is 89.7 cm³/mol. The van der Waals surface area contributed by atoms with Crippen molar-refractivity contribution in [2.75, 3.05) is 6.54 Å². The third kappa shape index (κ3) is 4.34. The van der Waals surface area contributed by atoms with Crippen LogP contribution in [0.15, 0.2) is 27.0 Å². The lowest BCUT2D eigenvalue weighted by atomic mass is 10.3. The van der Waals surface area contributed by atoms with Crippen LogP contribution in [0.2, 0.25) is 0 Å². The van der Waals surface area contributed by atoms with Gasteiger partial charge in [0, 0.05) is 32.9 Å². The Balaban J connectivity index is 1.45. The minimum atomic E-state index is -0.0561. The van der Waals surface area contributed by atoms with Crippen LogP contribution in [0.5, 0.6) is 0 Å². The normalized spacial score (nSPS) is 11.0. The van der Waals surface area contributed by atoms with Crippen molar-refractivity contribution < 1.29 is 13.6 Å². The van der Waals surface area contributed by atoms with Crippen LogP contribution in [0.3, 0.4) is 0 Å². The molecule has 0 unspecified atom stereocenters. The number of aromatic nitrogens is 4. The summed E-state index contributed by atoms with van der Waals surface area (Å²) in [5.41, 5.74) is 1.64. The third-order valence-electron chi connectivity index (χ3n) is 3.74. The number of hydrogen-bond donors (Lipinski definition) is 1. The molecule has 0 aliphatic rings. The van der Waals surface area contributed by atoms with Crippen molar-refractivity contribution in [3.8, 4) is 11.6 Å². The topological polar surface area (TPSA) is 99.0 Å². The Morgan fingerprint density at radius 1 is 1.20 bits per heavy atom. The number of nitrogens with zero attached hydrogens (tertiary/aromatic N) is 4. The minimum absolute atomic E-state index is 0.0561. The van der Waals surface area contributed by atoms with E-state index in [0.29, 0.717) is 37.6 Å². The summed E-state index contributed by atoms with van der Waals surface area (Å²) in [5.74, 6) is 2.53. The predicted octanol–water partition coefficient (Wildman–Crippen LogP) is 1.97. The first-order chi connectivity index (χ1) is 12.0. The highest BCUT2D eigenvalue weighted by atomic mass is 16.4. The number of nitrogens with one attached hydrogen (secondary N) is 1. The largest absolute Gasteiger partial charge is 0.466 e. The fourth-order valence-electron chi connectivity index (χ4n) is 2.52. The van der Waals surface area contributed by atoms with Gasteiger partial charge in [-0.3, -0.25) is 9.48 Å². The monoisotopic (exact) mass is 343 g/mol. The standard InChI is InChI=1S/C17H21N5O3/c1-11-10-14(22(3)21-11)17-20-19-16(25-17)7-6-15(23)18-9-8-13-5-4-12(2)24-13/h4-5,10H,6-9H2,1-3H3,(H,18,23). The summed E-state index contributed by atoms with van der Waals surface area (Å²) in [6.07, 6.45) is 1.36. The molecule has 0 aliphatic heterocycles. The molecule has 1 amide bonds. The van der Waals surface area contributed by atoms with Crippen molar-refractivity contribution in [2.45, 2.75) is 33.1 Å². The van der Waals surface area contributed by atoms with Crippen molar-refractivity contribution in [2.24, 2.45) is 7.05 Å². The summed E-state index contributed by atoms with van der Waals surface area (Å²) in [6, 6.07) is 5.70. The second-order valence-electron chi connectivity index (χ2n) is 5.91. The molecule has 0 saturated heterocycles. The Morgan fingerprint density at radius 3 is 2.72 bits per heavy atom. The Morgan fingerprint density at radius 2 is 2.04 bits per heavy atom. The molecule has 0 fully saturated rings. The molecule has 8 nitrogen and oxygen atoms in total. The maximum Gasteiger partial charge on any atom is 0.265 e. The Bertz CT molecular complexity index is 861. The number of carbonyl (C=O) groups is 1. The van der Waals surface area contributed by atoms with Gasteiger partial charge >= 0.3 is 0 Å². The lowest BCUT2D eigenvalue weighted by Gasteiger charge is -2.02. The number of hydrogen-bond acceptors (Lipinski definition) is 6. The zero-order valence-corrected chi connectivity index (χ0v) is 14.6. The summed E-state index contributed by atoms with van der Waals surface area (Å²) in [6.45, 7) is 4.33. The molecule has 0 saturated carbocycles. The highest BCUT2D eigenvalue weighted by Gasteiger charge is 2.14. The lowest BCUT2D eigenvalue weighted by Crippen LogP contribution is -2.25. The van der Waals surface area contributed by atoms with E-state index in [1.165, 1.54) is 0 Å². The number of amides is 1. The molecule has 3 aromatic heterocycles. The first kappa shape index (κ1) is 16.9. The van der Waals surface area contributed by atoms with E-state index in [2.05, 4.69) is 20.6 Å². The van der Waals surface area contributed by atoms with Crippen LogP contribution >= 0.6 is 0 Å². The SMILES string of the molecule is Cc1cc(-c2nnc(CCC(=O)NCCc3ccc(C)o3)o2)n(C)n1. The van der Waals surface area contributed by atoms with E-state index in [9.17, 15) is 4.79 Å². The number of furan rings is 1. The van der Waals surface area contributed by atoms with E-state index in [-0.39, 0.29) is 5.91 Å². The van der Waals surface area contributed by atoms with E-state index in [0.717, 1.165) is 22.9 Å². The molecule has 3 rings (SSSR count). The molecule has 0 spiro atoms. The average Bonchev–Trinajstić information content (AvgIpc) is 3.26. The summed E-state index contributed by atoms with van der Waals surface area (Å²) in [5, 5.41) is 15.1. The smallest absolute Gasteiger partial charge is 0.265 e. The van der Waals surface area contributed by atoms with Gasteiger partial charge in [-0.2, -0.15) is 5.10 Å². The van der Waals surface area contributed by atoms with E-state index < -0.39 is 0 Å². The molecule has 3 aromatic rings. The van der Waals surface area contributed by atoms with E-state index in [1.54, 1.807) is 4.68 Å². The van der Waals surface area contributed by atoms with Gasteiger partial charge in [0.25, 0.3) is 5.89 Å². The highest BCUT2D eigenvalue weighted by Crippen LogP contribution is 2.18. The molecular formula is C17H21N5O3. The second-order valence-corrected chi connectivity index (χ2v) is 5.91. The van der Waals surface area contributed by atoms with Crippen LogP contribution in [0, 0.1) is 13.8 Å². The minimum Gasteiger partial charge on any atom is -0.466 e. The molecule has 0 aliphatic carbocycles. The van der Waals surface area contributed by atoms with Crippen molar-refractivity contribution in [3.05, 3.63) is 41.3 Å². The van der Waals surface area contributed by atoms with Crippen LogP contribution < -0.4 is 5.32 Å². The first-order valence-corrected chi connectivity index (χ1v) is 8.16. The summed E-state index contributed by atoms with van der Waals surface area (Å²) < 4.78 is 12.8. The quantitative estimate of drug-likeness (QED) is 0.704. The summed E-state index contributed by atoms with van der Waals surface area (Å²) in [4.78, 5) is 11.9. The van der Waals surface area contributed by atoms with Gasteiger partial charge in [0.2, 0.25) is 11.8 Å². The number of rotatable bonds is 7. The van der Waals surface area contributed by atoms with E-state index in [4.69, 9.17) is 8.83 Å². The van der Waals surface area contributed by atoms with Crippen LogP contribution in [0.25, 0.3) is 11.6 Å². The molecule has 0 atom stereocenters. The molecule has 1 N–H and O–H groups in total. The Labute approximate surface area is 145 Å². The van der Waals surface area contributed by atoms with Crippen molar-refractivity contribution in [3.63, 3.8) is 0 Å². The van der Waals surface area contributed by atoms with Crippen molar-refractivity contribution in [1.82, 2.24) is 25.3 Å². The average molecular weight is 343 g/mol. The van der Waals surface area contributed by atoms with Gasteiger partial charge in [-0.25, -0.2) is 0 Å². The van der Waals surface area contributed by atoms with Gasteiger partial charge in [0.15, 0.2) is 0 Å². The van der Waals surface area contributed by atoms with Gasteiger partial charge in [-0.15, -0.1) is 10.2 Å². The first-order valence-electron chi connectivity index (χ1n) is 8.16. The van der Waals surface area contributed by atoms with Crippen LogP contribution in [0.4, 0.5) is 0 Å². The zero-order valence-electron chi connectivity index (χ0n) is 14.6.